The molecule has 2 rings (SSSR count). The summed E-state index contributed by atoms with van der Waals surface area (Å²) >= 11 is 0. The molecule has 0 amide bonds. The summed E-state index contributed by atoms with van der Waals surface area (Å²) in [5, 5.41) is 6.56. The van der Waals surface area contributed by atoms with Gasteiger partial charge in [0.05, 0.1) is 34.5 Å². The molecule has 0 aromatic heterocycles. The quantitative estimate of drug-likeness (QED) is 0.302. The molecule has 8 heteroatoms. The van der Waals surface area contributed by atoms with Gasteiger partial charge < -0.3 is 29.6 Å². The Morgan fingerprint density at radius 2 is 1.61 bits per heavy atom. The van der Waals surface area contributed by atoms with Gasteiger partial charge in [-0.25, -0.2) is 9.38 Å². The highest BCUT2D eigenvalue weighted by Crippen LogP contribution is 2.38. The summed E-state index contributed by atoms with van der Waals surface area (Å²) in [6.07, 6.45) is 1.78. The molecule has 7 nitrogen and oxygen atoms in total. The molecule has 2 aromatic carbocycles. The number of hydrogen-bond donors (Lipinski definition) is 2. The number of nitrogens with zero attached hydrogens (tertiary/aromatic N) is 1. The Hall–Kier alpha value is -3.16. The maximum Gasteiger partial charge on any atom is 0.203 e. The van der Waals surface area contributed by atoms with E-state index in [1.807, 2.05) is 19.1 Å². The van der Waals surface area contributed by atoms with Crippen molar-refractivity contribution >= 4 is 5.96 Å². The Kier molecular flexibility index (Phi) is 10.3. The second-order valence-corrected chi connectivity index (χ2v) is 6.67. The Balaban J connectivity index is 1.84. The highest BCUT2D eigenvalue weighted by atomic mass is 19.1. The highest BCUT2D eigenvalue weighted by molar-refractivity contribution is 5.79. The van der Waals surface area contributed by atoms with Gasteiger partial charge in [0.2, 0.25) is 5.75 Å². The summed E-state index contributed by atoms with van der Waals surface area (Å²) in [6, 6.07) is 9.83. The van der Waals surface area contributed by atoms with Gasteiger partial charge in [-0.3, -0.25) is 0 Å². The summed E-state index contributed by atoms with van der Waals surface area (Å²) in [5.74, 6) is 2.91. The molecule has 0 heterocycles. The third-order valence-corrected chi connectivity index (χ3v) is 4.43. The minimum Gasteiger partial charge on any atom is -0.494 e. The van der Waals surface area contributed by atoms with Crippen molar-refractivity contribution in [1.82, 2.24) is 10.6 Å². The third-order valence-electron chi connectivity index (χ3n) is 4.43. The molecular formula is C23H32FN3O4. The fourth-order valence-corrected chi connectivity index (χ4v) is 2.89. The van der Waals surface area contributed by atoms with E-state index in [9.17, 15) is 4.39 Å². The van der Waals surface area contributed by atoms with Gasteiger partial charge in [0.25, 0.3) is 0 Å². The first-order chi connectivity index (χ1) is 15.1. The third kappa shape index (κ3) is 7.88. The average Bonchev–Trinajstić information content (AvgIpc) is 2.79. The topological polar surface area (TPSA) is 73.3 Å². The van der Waals surface area contributed by atoms with Crippen LogP contribution in [-0.2, 0) is 6.54 Å². The second kappa shape index (κ2) is 13.2. The van der Waals surface area contributed by atoms with E-state index in [4.69, 9.17) is 18.9 Å². The predicted octanol–water partition coefficient (Wildman–Crippen LogP) is 3.77. The van der Waals surface area contributed by atoms with Crippen LogP contribution in [0.15, 0.2) is 41.4 Å². The molecule has 2 aromatic rings. The zero-order valence-electron chi connectivity index (χ0n) is 18.7. The number of benzene rings is 2. The smallest absolute Gasteiger partial charge is 0.203 e. The van der Waals surface area contributed by atoms with Crippen LogP contribution >= 0.6 is 0 Å². The zero-order chi connectivity index (χ0) is 22.5. The molecule has 0 fully saturated rings. The van der Waals surface area contributed by atoms with E-state index in [-0.39, 0.29) is 5.82 Å². The van der Waals surface area contributed by atoms with Crippen LogP contribution in [0, 0.1) is 5.82 Å². The van der Waals surface area contributed by atoms with Crippen molar-refractivity contribution in [3.8, 4) is 23.0 Å². The summed E-state index contributed by atoms with van der Waals surface area (Å²) in [7, 11) is 4.77. The van der Waals surface area contributed by atoms with Gasteiger partial charge in [-0.1, -0.05) is 0 Å². The van der Waals surface area contributed by atoms with Crippen molar-refractivity contribution in [2.75, 3.05) is 41.0 Å². The number of nitrogens with one attached hydrogen (secondary N) is 2. The standard InChI is InChI=1S/C23H32FN3O4/c1-5-25-23(26-12-6-7-13-31-19-10-8-18(24)9-11-19)27-16-17-14-20(28-2)22(30-4)21(15-17)29-3/h8-11,14-15H,5-7,12-13,16H2,1-4H3,(H2,25,26,27). The first-order valence-electron chi connectivity index (χ1n) is 10.3. The van der Waals surface area contributed by atoms with Gasteiger partial charge in [0.1, 0.15) is 11.6 Å². The molecule has 0 saturated heterocycles. The molecule has 170 valence electrons. The normalized spacial score (nSPS) is 11.1. The molecule has 0 saturated carbocycles. The van der Waals surface area contributed by atoms with Crippen LogP contribution in [0.4, 0.5) is 4.39 Å². The molecule has 0 aliphatic rings. The van der Waals surface area contributed by atoms with Crippen LogP contribution < -0.4 is 29.6 Å². The zero-order valence-corrected chi connectivity index (χ0v) is 18.7. The van der Waals surface area contributed by atoms with Crippen molar-refractivity contribution in [3.63, 3.8) is 0 Å². The molecule has 0 aliphatic carbocycles. The molecule has 0 radical (unpaired) electrons. The number of rotatable bonds is 12. The minimum absolute atomic E-state index is 0.265. The molecule has 0 aliphatic heterocycles. The van der Waals surface area contributed by atoms with Gasteiger partial charge in [0.15, 0.2) is 17.5 Å². The van der Waals surface area contributed by atoms with Crippen LogP contribution in [0.5, 0.6) is 23.0 Å². The van der Waals surface area contributed by atoms with Crippen LogP contribution in [0.2, 0.25) is 0 Å². The van der Waals surface area contributed by atoms with Crippen LogP contribution in [0.25, 0.3) is 0 Å². The van der Waals surface area contributed by atoms with Gasteiger partial charge in [-0.2, -0.15) is 0 Å². The lowest BCUT2D eigenvalue weighted by molar-refractivity contribution is 0.306. The number of unbranched alkanes of at least 4 members (excludes halogenated alkanes) is 1. The Labute approximate surface area is 183 Å². The molecule has 0 atom stereocenters. The van der Waals surface area contributed by atoms with E-state index in [1.54, 1.807) is 33.5 Å². The van der Waals surface area contributed by atoms with Crippen molar-refractivity contribution in [2.45, 2.75) is 26.3 Å². The van der Waals surface area contributed by atoms with Crippen molar-refractivity contribution in [3.05, 3.63) is 47.8 Å². The number of aliphatic imine (C=N–C) groups is 1. The number of halogens is 1. The number of guanidine groups is 1. The largest absolute Gasteiger partial charge is 0.494 e. The molecule has 2 N–H and O–H groups in total. The monoisotopic (exact) mass is 433 g/mol. The average molecular weight is 434 g/mol. The number of methoxy groups -OCH3 is 3. The van der Waals surface area contributed by atoms with E-state index in [0.29, 0.717) is 36.1 Å². The maximum atomic E-state index is 12.9. The van der Waals surface area contributed by atoms with E-state index in [1.165, 1.54) is 12.1 Å². The lowest BCUT2D eigenvalue weighted by atomic mass is 10.2. The SMILES string of the molecule is CCNC(=NCc1cc(OC)c(OC)c(OC)c1)NCCCCOc1ccc(F)cc1. The van der Waals surface area contributed by atoms with E-state index in [0.717, 1.165) is 37.5 Å². The van der Waals surface area contributed by atoms with Crippen molar-refractivity contribution in [1.29, 1.82) is 0 Å². The fourth-order valence-electron chi connectivity index (χ4n) is 2.89. The lowest BCUT2D eigenvalue weighted by Gasteiger charge is -2.14. The Bertz CT molecular complexity index is 803. The molecule has 0 bridgehead atoms. The summed E-state index contributed by atoms with van der Waals surface area (Å²) < 4.78 is 34.7. The van der Waals surface area contributed by atoms with E-state index < -0.39 is 0 Å². The first-order valence-corrected chi connectivity index (χ1v) is 10.3. The van der Waals surface area contributed by atoms with Crippen LogP contribution in [-0.4, -0.2) is 47.0 Å². The number of ether oxygens (including phenoxy) is 4. The minimum atomic E-state index is -0.265. The van der Waals surface area contributed by atoms with E-state index >= 15 is 0 Å². The Morgan fingerprint density at radius 3 is 2.19 bits per heavy atom. The van der Waals surface area contributed by atoms with Gasteiger partial charge in [-0.05, 0) is 61.7 Å². The number of hydrogen-bond acceptors (Lipinski definition) is 5. The summed E-state index contributed by atoms with van der Waals surface area (Å²) in [6.45, 7) is 4.57. The highest BCUT2D eigenvalue weighted by Gasteiger charge is 2.13. The van der Waals surface area contributed by atoms with E-state index in [2.05, 4.69) is 15.6 Å². The molecule has 31 heavy (non-hydrogen) atoms. The van der Waals surface area contributed by atoms with Gasteiger partial charge >= 0.3 is 0 Å². The molecule has 0 unspecified atom stereocenters. The van der Waals surface area contributed by atoms with Gasteiger partial charge in [0, 0.05) is 13.1 Å². The van der Waals surface area contributed by atoms with Crippen molar-refractivity contribution in [2.24, 2.45) is 4.99 Å². The second-order valence-electron chi connectivity index (χ2n) is 6.67. The van der Waals surface area contributed by atoms with Crippen molar-refractivity contribution < 1.29 is 23.3 Å². The fraction of sp³-hybridized carbons (Fsp3) is 0.435. The molecule has 0 spiro atoms. The predicted molar refractivity (Wildman–Crippen MR) is 120 cm³/mol. The summed E-state index contributed by atoms with van der Waals surface area (Å²) in [4.78, 5) is 4.64. The van der Waals surface area contributed by atoms with Gasteiger partial charge in [-0.15, -0.1) is 0 Å². The summed E-state index contributed by atoms with van der Waals surface area (Å²) in [5.41, 5.74) is 0.944. The Morgan fingerprint density at radius 1 is 0.935 bits per heavy atom. The maximum absolute atomic E-state index is 12.9. The van der Waals surface area contributed by atoms with Crippen LogP contribution in [0.3, 0.4) is 0 Å². The van der Waals surface area contributed by atoms with Crippen LogP contribution in [0.1, 0.15) is 25.3 Å². The lowest BCUT2D eigenvalue weighted by Crippen LogP contribution is -2.37. The first kappa shape index (κ1) is 24.1. The molecular weight excluding hydrogens is 401 g/mol.